The molecule has 0 spiro atoms. The van der Waals surface area contributed by atoms with Crippen molar-refractivity contribution in [2.45, 2.75) is 33.1 Å². The van der Waals surface area contributed by atoms with E-state index in [1.165, 1.54) is 5.56 Å². The Morgan fingerprint density at radius 3 is 2.29 bits per heavy atom. The van der Waals surface area contributed by atoms with Crippen molar-refractivity contribution >= 4 is 11.1 Å². The highest BCUT2D eigenvalue weighted by atomic mass is 16.3. The zero-order chi connectivity index (χ0) is 19.9. The van der Waals surface area contributed by atoms with Crippen LogP contribution in [0.15, 0.2) is 65.1 Å². The Morgan fingerprint density at radius 1 is 0.929 bits per heavy atom. The molecule has 0 fully saturated rings. The fourth-order valence-corrected chi connectivity index (χ4v) is 3.33. The third-order valence-corrected chi connectivity index (χ3v) is 5.06. The zero-order valence-corrected chi connectivity index (χ0v) is 16.6. The second-order valence-electron chi connectivity index (χ2n) is 8.14. The van der Waals surface area contributed by atoms with E-state index in [9.17, 15) is 0 Å². The first-order valence-corrected chi connectivity index (χ1v) is 9.38. The number of benzene rings is 3. The van der Waals surface area contributed by atoms with E-state index in [1.807, 2.05) is 42.5 Å². The number of hydrogen-bond acceptors (Lipinski definition) is 3. The smallest absolute Gasteiger partial charge is 0.227 e. The molecular weight excluding hydrogens is 344 g/mol. The molecule has 0 bridgehead atoms. The van der Waals surface area contributed by atoms with Crippen LogP contribution in [0.5, 0.6) is 0 Å². The number of nitriles is 1. The summed E-state index contributed by atoms with van der Waals surface area (Å²) in [5, 5.41) is 9.10. The van der Waals surface area contributed by atoms with E-state index in [4.69, 9.17) is 14.7 Å². The van der Waals surface area contributed by atoms with Gasteiger partial charge in [-0.15, -0.1) is 0 Å². The molecule has 3 nitrogen and oxygen atoms in total. The molecule has 0 saturated carbocycles. The number of nitrogens with zero attached hydrogens (tertiary/aromatic N) is 2. The molecule has 0 saturated heterocycles. The van der Waals surface area contributed by atoms with Gasteiger partial charge in [0.05, 0.1) is 11.6 Å². The first-order valence-electron chi connectivity index (χ1n) is 9.38. The molecule has 1 aromatic heterocycles. The van der Waals surface area contributed by atoms with Gasteiger partial charge in [-0.1, -0.05) is 51.1 Å². The number of aryl methyl sites for hydroxylation is 1. The molecule has 0 unspecified atom stereocenters. The van der Waals surface area contributed by atoms with Gasteiger partial charge in [0.2, 0.25) is 5.89 Å². The molecule has 1 heterocycles. The molecule has 0 aliphatic heterocycles. The van der Waals surface area contributed by atoms with Crippen molar-refractivity contribution in [1.29, 1.82) is 5.26 Å². The third kappa shape index (κ3) is 3.18. The summed E-state index contributed by atoms with van der Waals surface area (Å²) in [6.45, 7) is 8.63. The molecule has 4 rings (SSSR count). The second kappa shape index (κ2) is 6.65. The molecule has 138 valence electrons. The summed E-state index contributed by atoms with van der Waals surface area (Å²) in [6, 6.07) is 22.2. The largest absolute Gasteiger partial charge is 0.436 e. The van der Waals surface area contributed by atoms with E-state index in [0.717, 1.165) is 33.4 Å². The summed E-state index contributed by atoms with van der Waals surface area (Å²) < 4.78 is 6.21. The van der Waals surface area contributed by atoms with Crippen LogP contribution in [-0.2, 0) is 5.41 Å². The van der Waals surface area contributed by atoms with Crippen LogP contribution >= 0.6 is 0 Å². The Bertz CT molecular complexity index is 1200. The Hall–Kier alpha value is -3.38. The highest BCUT2D eigenvalue weighted by Gasteiger charge is 2.21. The molecule has 0 atom stereocenters. The number of rotatable bonds is 2. The maximum atomic E-state index is 9.10. The van der Waals surface area contributed by atoms with Crippen molar-refractivity contribution < 1.29 is 4.42 Å². The minimum absolute atomic E-state index is 0.0227. The number of oxazole rings is 1. The van der Waals surface area contributed by atoms with E-state index in [0.29, 0.717) is 11.5 Å². The van der Waals surface area contributed by atoms with Gasteiger partial charge in [0, 0.05) is 11.1 Å². The zero-order valence-electron chi connectivity index (χ0n) is 16.6. The predicted octanol–water partition coefficient (Wildman–Crippen LogP) is 6.64. The maximum absolute atomic E-state index is 9.10. The van der Waals surface area contributed by atoms with Crippen LogP contribution in [0.1, 0.15) is 37.5 Å². The SMILES string of the molecule is Cc1ccccc1-c1nc2c(-c3ccc(C#N)cc3)cc(C(C)(C)C)cc2o1. The Morgan fingerprint density at radius 2 is 1.64 bits per heavy atom. The standard InChI is InChI=1S/C25H22N2O/c1-16-7-5-6-8-20(16)24-27-23-21(18-11-9-17(15-26)10-12-18)13-19(25(2,3)4)14-22(23)28-24/h5-14H,1-4H3. The molecule has 4 aromatic rings. The highest BCUT2D eigenvalue weighted by molar-refractivity contribution is 5.93. The van der Waals surface area contributed by atoms with Crippen LogP contribution in [0.3, 0.4) is 0 Å². The van der Waals surface area contributed by atoms with Crippen molar-refractivity contribution in [2.24, 2.45) is 0 Å². The summed E-state index contributed by atoms with van der Waals surface area (Å²) in [7, 11) is 0. The number of hydrogen-bond donors (Lipinski definition) is 0. The van der Waals surface area contributed by atoms with E-state index >= 15 is 0 Å². The molecule has 0 aliphatic carbocycles. The summed E-state index contributed by atoms with van der Waals surface area (Å²) in [4.78, 5) is 4.85. The first kappa shape index (κ1) is 18.0. The predicted molar refractivity (Wildman–Crippen MR) is 113 cm³/mol. The lowest BCUT2D eigenvalue weighted by atomic mass is 9.85. The molecule has 3 aromatic carbocycles. The van der Waals surface area contributed by atoms with Crippen molar-refractivity contribution in [1.82, 2.24) is 4.98 Å². The van der Waals surface area contributed by atoms with Gasteiger partial charge in [-0.25, -0.2) is 4.98 Å². The number of aromatic nitrogens is 1. The van der Waals surface area contributed by atoms with Gasteiger partial charge in [-0.05, 0) is 59.4 Å². The van der Waals surface area contributed by atoms with Crippen LogP contribution in [0.25, 0.3) is 33.7 Å². The Kier molecular flexibility index (Phi) is 4.28. The topological polar surface area (TPSA) is 49.8 Å². The average molecular weight is 366 g/mol. The Balaban J connectivity index is 1.98. The molecule has 0 aliphatic rings. The van der Waals surface area contributed by atoms with Gasteiger partial charge in [0.1, 0.15) is 5.52 Å². The molecule has 28 heavy (non-hydrogen) atoms. The second-order valence-corrected chi connectivity index (χ2v) is 8.14. The van der Waals surface area contributed by atoms with Crippen LogP contribution in [0.2, 0.25) is 0 Å². The summed E-state index contributed by atoms with van der Waals surface area (Å²) in [5.74, 6) is 0.633. The number of fused-ring (bicyclic) bond motifs is 1. The summed E-state index contributed by atoms with van der Waals surface area (Å²) >= 11 is 0. The lowest BCUT2D eigenvalue weighted by Gasteiger charge is -2.20. The van der Waals surface area contributed by atoms with E-state index < -0.39 is 0 Å². The molecule has 0 amide bonds. The van der Waals surface area contributed by atoms with Crippen LogP contribution in [-0.4, -0.2) is 4.98 Å². The third-order valence-electron chi connectivity index (χ3n) is 5.06. The van der Waals surface area contributed by atoms with Crippen molar-refractivity contribution in [2.75, 3.05) is 0 Å². The van der Waals surface area contributed by atoms with Crippen LogP contribution < -0.4 is 0 Å². The molecule has 3 heteroatoms. The van der Waals surface area contributed by atoms with Crippen molar-refractivity contribution in [3.63, 3.8) is 0 Å². The average Bonchev–Trinajstić information content (AvgIpc) is 3.11. The fraction of sp³-hybridized carbons (Fsp3) is 0.200. The van der Waals surface area contributed by atoms with Gasteiger partial charge >= 0.3 is 0 Å². The van der Waals surface area contributed by atoms with Gasteiger partial charge in [0.25, 0.3) is 0 Å². The van der Waals surface area contributed by atoms with Crippen molar-refractivity contribution in [3.8, 4) is 28.7 Å². The van der Waals surface area contributed by atoms with Crippen LogP contribution in [0, 0.1) is 18.3 Å². The normalized spacial score (nSPS) is 11.5. The van der Waals surface area contributed by atoms with Gasteiger partial charge in [-0.2, -0.15) is 5.26 Å². The fourth-order valence-electron chi connectivity index (χ4n) is 3.33. The molecule has 0 N–H and O–H groups in total. The van der Waals surface area contributed by atoms with Crippen molar-refractivity contribution in [3.05, 3.63) is 77.4 Å². The van der Waals surface area contributed by atoms with E-state index in [2.05, 4.69) is 52.0 Å². The lowest BCUT2D eigenvalue weighted by molar-refractivity contribution is 0.584. The highest BCUT2D eigenvalue weighted by Crippen LogP contribution is 2.37. The quantitative estimate of drug-likeness (QED) is 0.399. The summed E-state index contributed by atoms with van der Waals surface area (Å²) in [5.41, 5.74) is 7.62. The first-order chi connectivity index (χ1) is 13.4. The van der Waals surface area contributed by atoms with Crippen LogP contribution in [0.4, 0.5) is 0 Å². The minimum atomic E-state index is -0.0227. The van der Waals surface area contributed by atoms with E-state index in [1.54, 1.807) is 0 Å². The minimum Gasteiger partial charge on any atom is -0.436 e. The van der Waals surface area contributed by atoms with E-state index in [-0.39, 0.29) is 5.41 Å². The van der Waals surface area contributed by atoms with Gasteiger partial charge in [0.15, 0.2) is 5.58 Å². The monoisotopic (exact) mass is 366 g/mol. The summed E-state index contributed by atoms with van der Waals surface area (Å²) in [6.07, 6.45) is 0. The molecule has 0 radical (unpaired) electrons. The van der Waals surface area contributed by atoms with Gasteiger partial charge < -0.3 is 4.42 Å². The molecular formula is C25H22N2O. The lowest BCUT2D eigenvalue weighted by Crippen LogP contribution is -2.11. The maximum Gasteiger partial charge on any atom is 0.227 e. The Labute approximate surface area is 165 Å². The van der Waals surface area contributed by atoms with Gasteiger partial charge in [-0.3, -0.25) is 0 Å².